The third-order valence-corrected chi connectivity index (χ3v) is 4.09. The Morgan fingerprint density at radius 3 is 2.25 bits per heavy atom. The van der Waals surface area contributed by atoms with Crippen molar-refractivity contribution < 1.29 is 14.6 Å². The topological polar surface area (TPSA) is 49.8 Å². The Bertz CT molecular complexity index is 396. The van der Waals surface area contributed by atoms with E-state index >= 15 is 0 Å². The van der Waals surface area contributed by atoms with Crippen LogP contribution < -0.4 is 0 Å². The monoisotopic (exact) mass is 281 g/mol. The largest absolute Gasteiger partial charge is 0.444 e. The number of nitrogens with zero attached hydrogens (tertiary/aromatic N) is 1. The molecule has 2 atom stereocenters. The van der Waals surface area contributed by atoms with Crippen LogP contribution in [0.2, 0.25) is 0 Å². The molecule has 2 aliphatic rings. The van der Waals surface area contributed by atoms with Crippen molar-refractivity contribution in [3.05, 3.63) is 12.2 Å². The summed E-state index contributed by atoms with van der Waals surface area (Å²) in [6.45, 7) is 11.5. The Morgan fingerprint density at radius 2 is 1.85 bits per heavy atom. The van der Waals surface area contributed by atoms with E-state index in [9.17, 15) is 9.90 Å². The van der Waals surface area contributed by atoms with E-state index in [1.807, 2.05) is 32.6 Å². The molecule has 114 valence electrons. The zero-order chi connectivity index (χ0) is 15.1. The Morgan fingerprint density at radius 1 is 1.35 bits per heavy atom. The molecule has 1 N–H and O–H groups in total. The predicted octanol–water partition coefficient (Wildman–Crippen LogP) is 3.25. The summed E-state index contributed by atoms with van der Waals surface area (Å²) in [6, 6.07) is 0.209. The van der Waals surface area contributed by atoms with Crippen molar-refractivity contribution in [1.82, 2.24) is 4.90 Å². The number of ether oxygens (including phenoxy) is 1. The highest BCUT2D eigenvalue weighted by Crippen LogP contribution is 2.43. The minimum Gasteiger partial charge on any atom is -0.444 e. The van der Waals surface area contributed by atoms with Gasteiger partial charge in [0, 0.05) is 12.1 Å². The van der Waals surface area contributed by atoms with Crippen LogP contribution in [-0.4, -0.2) is 39.4 Å². The molecule has 2 heterocycles. The molecule has 1 amide bonds. The molecular formula is C16H27NO3. The Hall–Kier alpha value is -1.03. The highest BCUT2D eigenvalue weighted by molar-refractivity contribution is 5.69. The summed E-state index contributed by atoms with van der Waals surface area (Å²) in [5, 5.41) is 10.7. The third kappa shape index (κ3) is 3.35. The maximum absolute atomic E-state index is 12.3. The number of hydrogen-bond donors (Lipinski definition) is 1. The van der Waals surface area contributed by atoms with Gasteiger partial charge in [-0.15, -0.1) is 6.58 Å². The Kier molecular flexibility index (Phi) is 3.89. The average Bonchev–Trinajstić information content (AvgIpc) is 2.48. The molecule has 0 saturated carbocycles. The van der Waals surface area contributed by atoms with Gasteiger partial charge >= 0.3 is 6.09 Å². The first kappa shape index (κ1) is 15.4. The third-order valence-electron chi connectivity index (χ3n) is 4.09. The van der Waals surface area contributed by atoms with Gasteiger partial charge < -0.3 is 14.7 Å². The van der Waals surface area contributed by atoms with E-state index in [4.69, 9.17) is 4.74 Å². The molecule has 4 nitrogen and oxygen atoms in total. The van der Waals surface area contributed by atoms with E-state index in [0.29, 0.717) is 19.3 Å². The number of fused-ring (bicyclic) bond motifs is 2. The van der Waals surface area contributed by atoms with Crippen molar-refractivity contribution in [2.75, 3.05) is 0 Å². The quantitative estimate of drug-likeness (QED) is 0.790. The molecule has 2 bridgehead atoms. The number of amides is 1. The van der Waals surface area contributed by atoms with Gasteiger partial charge in [0.25, 0.3) is 0 Å². The minimum absolute atomic E-state index is 0.105. The summed E-state index contributed by atoms with van der Waals surface area (Å²) < 4.78 is 5.50. The van der Waals surface area contributed by atoms with E-state index in [2.05, 4.69) is 6.58 Å². The van der Waals surface area contributed by atoms with Gasteiger partial charge in [0.05, 0.1) is 5.60 Å². The molecule has 0 radical (unpaired) electrons. The average molecular weight is 281 g/mol. The van der Waals surface area contributed by atoms with Crippen LogP contribution in [0, 0.1) is 0 Å². The van der Waals surface area contributed by atoms with Gasteiger partial charge in [-0.25, -0.2) is 4.79 Å². The maximum atomic E-state index is 12.3. The zero-order valence-corrected chi connectivity index (χ0v) is 13.1. The minimum atomic E-state index is -0.698. The van der Waals surface area contributed by atoms with E-state index < -0.39 is 11.2 Å². The van der Waals surface area contributed by atoms with Gasteiger partial charge in [0.1, 0.15) is 5.60 Å². The van der Waals surface area contributed by atoms with Crippen molar-refractivity contribution >= 4 is 6.09 Å². The van der Waals surface area contributed by atoms with Gasteiger partial charge in [-0.3, -0.25) is 0 Å². The summed E-state index contributed by atoms with van der Waals surface area (Å²) >= 11 is 0. The summed E-state index contributed by atoms with van der Waals surface area (Å²) in [4.78, 5) is 14.2. The molecular weight excluding hydrogens is 254 g/mol. The van der Waals surface area contributed by atoms with Crippen LogP contribution >= 0.6 is 0 Å². The first-order valence-electron chi connectivity index (χ1n) is 7.48. The van der Waals surface area contributed by atoms with E-state index in [-0.39, 0.29) is 18.2 Å². The molecule has 0 aliphatic carbocycles. The van der Waals surface area contributed by atoms with Crippen molar-refractivity contribution in [3.63, 3.8) is 0 Å². The molecule has 0 aromatic rings. The fraction of sp³-hybridized carbons (Fsp3) is 0.812. The second kappa shape index (κ2) is 5.06. The lowest BCUT2D eigenvalue weighted by Gasteiger charge is -2.44. The number of aliphatic hydroxyl groups is 1. The molecule has 2 unspecified atom stereocenters. The Labute approximate surface area is 121 Å². The van der Waals surface area contributed by atoms with Crippen LogP contribution in [0.4, 0.5) is 4.79 Å². The van der Waals surface area contributed by atoms with Crippen molar-refractivity contribution in [3.8, 4) is 0 Å². The first-order valence-corrected chi connectivity index (χ1v) is 7.48. The number of carbonyl (C=O) groups is 1. The normalized spacial score (nSPS) is 33.1. The van der Waals surface area contributed by atoms with E-state index in [1.165, 1.54) is 0 Å². The highest BCUT2D eigenvalue weighted by Gasteiger charge is 2.50. The summed E-state index contributed by atoms with van der Waals surface area (Å²) in [6.07, 6.45) is 3.58. The van der Waals surface area contributed by atoms with Gasteiger partial charge in [-0.2, -0.15) is 0 Å². The summed E-state index contributed by atoms with van der Waals surface area (Å²) in [5.74, 6) is 0. The van der Waals surface area contributed by atoms with E-state index in [0.717, 1.165) is 18.4 Å². The molecule has 2 fully saturated rings. The highest BCUT2D eigenvalue weighted by atomic mass is 16.6. The standard InChI is InChI=1S/C16H27NO3/c1-11(2)8-16(19)9-12-6-7-13(10-16)17(12)14(18)20-15(3,4)5/h12-13,19H,1,6-10H2,2-5H3. The number of rotatable bonds is 2. The second-order valence-corrected chi connectivity index (χ2v) is 7.54. The zero-order valence-electron chi connectivity index (χ0n) is 13.1. The van der Waals surface area contributed by atoms with Crippen molar-refractivity contribution in [2.45, 2.75) is 83.1 Å². The second-order valence-electron chi connectivity index (χ2n) is 7.54. The lowest BCUT2D eigenvalue weighted by molar-refractivity contribution is -0.0577. The lowest BCUT2D eigenvalue weighted by Crippen LogP contribution is -2.54. The molecule has 2 aliphatic heterocycles. The first-order chi connectivity index (χ1) is 9.10. The molecule has 2 rings (SSSR count). The fourth-order valence-corrected chi connectivity index (χ4v) is 3.64. The van der Waals surface area contributed by atoms with Gasteiger partial charge in [0.15, 0.2) is 0 Å². The molecule has 4 heteroatoms. The number of carbonyl (C=O) groups excluding carboxylic acids is 1. The molecule has 0 spiro atoms. The van der Waals surface area contributed by atoms with Gasteiger partial charge in [-0.05, 0) is 59.8 Å². The van der Waals surface area contributed by atoms with Crippen LogP contribution in [0.25, 0.3) is 0 Å². The van der Waals surface area contributed by atoms with E-state index in [1.54, 1.807) is 0 Å². The number of hydrogen-bond acceptors (Lipinski definition) is 3. The van der Waals surface area contributed by atoms with Crippen LogP contribution in [0.3, 0.4) is 0 Å². The van der Waals surface area contributed by atoms with Crippen LogP contribution in [0.1, 0.15) is 59.8 Å². The molecule has 0 aromatic heterocycles. The summed E-state index contributed by atoms with van der Waals surface area (Å²) in [5.41, 5.74) is -0.171. The lowest BCUT2D eigenvalue weighted by atomic mass is 9.82. The Balaban J connectivity index is 2.07. The molecule has 0 aromatic carbocycles. The van der Waals surface area contributed by atoms with Crippen LogP contribution in [0.5, 0.6) is 0 Å². The predicted molar refractivity (Wildman–Crippen MR) is 78.5 cm³/mol. The number of piperidine rings is 1. The SMILES string of the molecule is C=C(C)CC1(O)CC2CCC(C1)N2C(=O)OC(C)(C)C. The van der Waals surface area contributed by atoms with Crippen LogP contribution in [-0.2, 0) is 4.74 Å². The smallest absolute Gasteiger partial charge is 0.410 e. The van der Waals surface area contributed by atoms with Gasteiger partial charge in [-0.1, -0.05) is 5.57 Å². The summed E-state index contributed by atoms with van der Waals surface area (Å²) in [7, 11) is 0. The molecule has 20 heavy (non-hydrogen) atoms. The van der Waals surface area contributed by atoms with Crippen molar-refractivity contribution in [2.24, 2.45) is 0 Å². The van der Waals surface area contributed by atoms with Crippen LogP contribution in [0.15, 0.2) is 12.2 Å². The maximum Gasteiger partial charge on any atom is 0.410 e. The molecule has 2 saturated heterocycles. The fourth-order valence-electron chi connectivity index (χ4n) is 3.64. The van der Waals surface area contributed by atoms with Gasteiger partial charge in [0.2, 0.25) is 0 Å². The van der Waals surface area contributed by atoms with Crippen molar-refractivity contribution in [1.29, 1.82) is 0 Å².